The van der Waals surface area contributed by atoms with E-state index in [1.165, 1.54) is 5.56 Å². The van der Waals surface area contributed by atoms with Gasteiger partial charge in [-0.1, -0.05) is 18.2 Å². The molecular weight excluding hydrogens is 338 g/mol. The van der Waals surface area contributed by atoms with Gasteiger partial charge < -0.3 is 15.0 Å². The number of aromatic amines is 2. The normalized spacial score (nSPS) is 19.6. The van der Waals surface area contributed by atoms with E-state index in [4.69, 9.17) is 9.72 Å². The molecule has 6 heteroatoms. The number of aromatic nitrogens is 4. The third kappa shape index (κ3) is 2.88. The molecule has 0 radical (unpaired) electrons. The minimum atomic E-state index is 0.322. The van der Waals surface area contributed by atoms with Crippen molar-refractivity contribution in [3.8, 4) is 16.9 Å². The van der Waals surface area contributed by atoms with Crippen LogP contribution in [0.3, 0.4) is 0 Å². The molecule has 5 rings (SSSR count). The number of fused-ring (bicyclic) bond motifs is 1. The predicted octanol–water partition coefficient (Wildman–Crippen LogP) is 3.43. The van der Waals surface area contributed by atoms with Gasteiger partial charge in [0, 0.05) is 36.7 Å². The van der Waals surface area contributed by atoms with Gasteiger partial charge in [-0.3, -0.25) is 5.10 Å². The van der Waals surface area contributed by atoms with Crippen molar-refractivity contribution in [2.75, 3.05) is 20.2 Å². The quantitative estimate of drug-likeness (QED) is 0.522. The third-order valence-electron chi connectivity index (χ3n) is 5.44. The molecule has 2 aromatic heterocycles. The first-order valence-electron chi connectivity index (χ1n) is 9.15. The van der Waals surface area contributed by atoms with Gasteiger partial charge in [0.05, 0.1) is 24.3 Å². The van der Waals surface area contributed by atoms with Gasteiger partial charge in [-0.15, -0.1) is 0 Å². The molecule has 1 aliphatic heterocycles. The molecule has 1 fully saturated rings. The Kier molecular flexibility index (Phi) is 3.90. The average molecular weight is 359 g/mol. The van der Waals surface area contributed by atoms with Crippen molar-refractivity contribution in [3.05, 3.63) is 66.2 Å². The van der Waals surface area contributed by atoms with E-state index in [0.29, 0.717) is 11.8 Å². The molecule has 3 N–H and O–H groups in total. The Morgan fingerprint density at radius 1 is 1.00 bits per heavy atom. The van der Waals surface area contributed by atoms with Crippen LogP contribution in [0.15, 0.2) is 54.9 Å². The van der Waals surface area contributed by atoms with E-state index >= 15 is 0 Å². The number of nitrogens with one attached hydrogen (secondary N) is 3. The van der Waals surface area contributed by atoms with Gasteiger partial charge in [0.25, 0.3) is 0 Å². The van der Waals surface area contributed by atoms with Crippen LogP contribution in [0.2, 0.25) is 0 Å². The van der Waals surface area contributed by atoms with Gasteiger partial charge in [-0.05, 0) is 35.4 Å². The minimum absolute atomic E-state index is 0.322. The fraction of sp³-hybridized carbons (Fsp3) is 0.238. The lowest BCUT2D eigenvalue weighted by Crippen LogP contribution is -2.10. The molecule has 136 valence electrons. The number of imidazole rings is 1. The Labute approximate surface area is 157 Å². The number of hydrogen-bond donors (Lipinski definition) is 3. The standard InChI is InChI=1S/C21H21N5O/c1-27-16-5-2-13(3-6-16)17-11-22-12-18(17)21-25-19-7-4-14(8-20(19)26-21)15-9-23-24-10-15/h2-10,17-18,22H,11-12H2,1H3,(H,23,24)(H,25,26)/t17-,18?/m1/s1. The Hall–Kier alpha value is -3.12. The predicted molar refractivity (Wildman–Crippen MR) is 105 cm³/mol. The topological polar surface area (TPSA) is 78.6 Å². The Morgan fingerprint density at radius 2 is 1.85 bits per heavy atom. The van der Waals surface area contributed by atoms with Crippen LogP contribution in [-0.4, -0.2) is 40.4 Å². The summed E-state index contributed by atoms with van der Waals surface area (Å²) in [4.78, 5) is 8.44. The number of hydrogen-bond acceptors (Lipinski definition) is 4. The summed E-state index contributed by atoms with van der Waals surface area (Å²) < 4.78 is 5.28. The van der Waals surface area contributed by atoms with E-state index in [9.17, 15) is 0 Å². The Bertz CT molecular complexity index is 1050. The van der Waals surface area contributed by atoms with Crippen LogP contribution in [0.25, 0.3) is 22.2 Å². The summed E-state index contributed by atoms with van der Waals surface area (Å²) in [5.74, 6) is 2.64. The third-order valence-corrected chi connectivity index (χ3v) is 5.44. The largest absolute Gasteiger partial charge is 0.497 e. The lowest BCUT2D eigenvalue weighted by atomic mass is 9.88. The molecule has 0 spiro atoms. The monoisotopic (exact) mass is 359 g/mol. The molecule has 6 nitrogen and oxygen atoms in total. The molecule has 2 aromatic carbocycles. The fourth-order valence-corrected chi connectivity index (χ4v) is 3.96. The van der Waals surface area contributed by atoms with Crippen molar-refractivity contribution < 1.29 is 4.74 Å². The van der Waals surface area contributed by atoms with Crippen LogP contribution >= 0.6 is 0 Å². The van der Waals surface area contributed by atoms with Crippen molar-refractivity contribution in [1.82, 2.24) is 25.5 Å². The highest BCUT2D eigenvalue weighted by atomic mass is 16.5. The van der Waals surface area contributed by atoms with Crippen LogP contribution in [0.1, 0.15) is 23.2 Å². The smallest absolute Gasteiger partial charge is 0.118 e. The lowest BCUT2D eigenvalue weighted by molar-refractivity contribution is 0.414. The summed E-state index contributed by atoms with van der Waals surface area (Å²) in [7, 11) is 1.70. The van der Waals surface area contributed by atoms with Crippen molar-refractivity contribution >= 4 is 11.0 Å². The van der Waals surface area contributed by atoms with E-state index in [-0.39, 0.29) is 0 Å². The van der Waals surface area contributed by atoms with E-state index in [1.807, 2.05) is 24.5 Å². The zero-order valence-corrected chi connectivity index (χ0v) is 15.1. The van der Waals surface area contributed by atoms with E-state index < -0.39 is 0 Å². The molecule has 0 amide bonds. The second kappa shape index (κ2) is 6.55. The van der Waals surface area contributed by atoms with Gasteiger partial charge >= 0.3 is 0 Å². The first kappa shape index (κ1) is 16.1. The first-order chi connectivity index (χ1) is 13.3. The summed E-state index contributed by atoms with van der Waals surface area (Å²) in [5.41, 5.74) is 5.57. The van der Waals surface area contributed by atoms with Crippen LogP contribution in [0.4, 0.5) is 0 Å². The number of rotatable bonds is 4. The van der Waals surface area contributed by atoms with Gasteiger partial charge in [-0.2, -0.15) is 5.10 Å². The van der Waals surface area contributed by atoms with Crippen LogP contribution < -0.4 is 10.1 Å². The molecule has 1 unspecified atom stereocenters. The van der Waals surface area contributed by atoms with Crippen LogP contribution in [0.5, 0.6) is 5.75 Å². The SMILES string of the molecule is COc1ccc([C@H]2CNCC2c2nc3ccc(-c4cn[nH]c4)cc3[nH]2)cc1. The van der Waals surface area contributed by atoms with E-state index in [1.54, 1.807) is 7.11 Å². The number of ether oxygens (including phenoxy) is 1. The molecule has 1 aliphatic rings. The van der Waals surface area contributed by atoms with Gasteiger partial charge in [0.2, 0.25) is 0 Å². The average Bonchev–Trinajstić information content (AvgIpc) is 3.47. The summed E-state index contributed by atoms with van der Waals surface area (Å²) in [6.45, 7) is 1.87. The number of H-pyrrole nitrogens is 2. The summed E-state index contributed by atoms with van der Waals surface area (Å²) in [6.07, 6.45) is 3.73. The van der Waals surface area contributed by atoms with Crippen molar-refractivity contribution in [2.24, 2.45) is 0 Å². The maximum atomic E-state index is 5.28. The summed E-state index contributed by atoms with van der Waals surface area (Å²) in [6, 6.07) is 14.7. The number of benzene rings is 2. The fourth-order valence-electron chi connectivity index (χ4n) is 3.96. The Balaban J connectivity index is 1.48. The van der Waals surface area contributed by atoms with Crippen molar-refractivity contribution in [2.45, 2.75) is 11.8 Å². The lowest BCUT2D eigenvalue weighted by Gasteiger charge is -2.17. The zero-order valence-electron chi connectivity index (χ0n) is 15.1. The highest BCUT2D eigenvalue weighted by Gasteiger charge is 2.32. The second-order valence-electron chi connectivity index (χ2n) is 6.99. The highest BCUT2D eigenvalue weighted by Crippen LogP contribution is 2.36. The molecule has 4 aromatic rings. The Morgan fingerprint density at radius 3 is 2.63 bits per heavy atom. The molecule has 2 atom stereocenters. The zero-order chi connectivity index (χ0) is 18.2. The minimum Gasteiger partial charge on any atom is -0.497 e. The van der Waals surface area contributed by atoms with Crippen LogP contribution in [-0.2, 0) is 0 Å². The van der Waals surface area contributed by atoms with Gasteiger partial charge in [-0.25, -0.2) is 4.98 Å². The number of methoxy groups -OCH3 is 1. The second-order valence-corrected chi connectivity index (χ2v) is 6.99. The molecular formula is C21H21N5O. The summed E-state index contributed by atoms with van der Waals surface area (Å²) >= 11 is 0. The molecule has 0 aliphatic carbocycles. The van der Waals surface area contributed by atoms with E-state index in [0.717, 1.165) is 46.8 Å². The number of nitrogens with zero attached hydrogens (tertiary/aromatic N) is 2. The van der Waals surface area contributed by atoms with E-state index in [2.05, 4.69) is 50.8 Å². The van der Waals surface area contributed by atoms with Crippen LogP contribution in [0, 0.1) is 0 Å². The molecule has 1 saturated heterocycles. The first-order valence-corrected chi connectivity index (χ1v) is 9.15. The molecule has 3 heterocycles. The molecule has 0 saturated carbocycles. The summed E-state index contributed by atoms with van der Waals surface area (Å²) in [5, 5.41) is 10.4. The molecule has 0 bridgehead atoms. The maximum Gasteiger partial charge on any atom is 0.118 e. The van der Waals surface area contributed by atoms with Gasteiger partial charge in [0.15, 0.2) is 0 Å². The van der Waals surface area contributed by atoms with Crippen molar-refractivity contribution in [3.63, 3.8) is 0 Å². The highest BCUT2D eigenvalue weighted by molar-refractivity contribution is 5.81. The molecule has 27 heavy (non-hydrogen) atoms. The maximum absolute atomic E-state index is 5.28. The van der Waals surface area contributed by atoms with Crippen molar-refractivity contribution in [1.29, 1.82) is 0 Å². The van der Waals surface area contributed by atoms with Gasteiger partial charge in [0.1, 0.15) is 11.6 Å².